The summed E-state index contributed by atoms with van der Waals surface area (Å²) in [4.78, 5) is 9.24. The van der Waals surface area contributed by atoms with Gasteiger partial charge in [0.15, 0.2) is 5.11 Å². The molecule has 0 heterocycles. The summed E-state index contributed by atoms with van der Waals surface area (Å²) in [5.74, 6) is -0.968. The number of carboxylic acid groups (broad SMARTS) is 1. The average Bonchev–Trinajstić information content (AvgIpc) is 1.65. The lowest BCUT2D eigenvalue weighted by atomic mass is 10.7. The lowest BCUT2D eigenvalue weighted by molar-refractivity contribution is -0.135. The van der Waals surface area contributed by atoms with Crippen LogP contribution in [0, 0.1) is 0 Å². The topological polar surface area (TPSA) is 115 Å². The van der Waals surface area contributed by atoms with E-state index >= 15 is 0 Å². The molecule has 0 aliphatic carbocycles. The Morgan fingerprint density at radius 2 is 1.67 bits per heavy atom. The lowest BCUT2D eigenvalue weighted by Gasteiger charge is -1.73. The van der Waals surface area contributed by atoms with Crippen molar-refractivity contribution in [2.75, 3.05) is 6.54 Å². The van der Waals surface area contributed by atoms with Crippen LogP contribution in [0.5, 0.6) is 0 Å². The normalized spacial score (nSPS) is 6.78. The Bertz CT molecular complexity index is 101. The molecular weight excluding hydrogens is 142 g/mol. The molecule has 0 saturated carbocycles. The first-order valence-electron chi connectivity index (χ1n) is 1.97. The summed E-state index contributed by atoms with van der Waals surface area (Å²) < 4.78 is 0. The molecule has 0 aliphatic heterocycles. The third-order valence-electron chi connectivity index (χ3n) is 0.175. The van der Waals surface area contributed by atoms with Crippen LogP contribution in [0.2, 0.25) is 0 Å². The monoisotopic (exact) mass is 151 g/mol. The highest BCUT2D eigenvalue weighted by Crippen LogP contribution is 1.43. The molecule has 5 nitrogen and oxygen atoms in total. The van der Waals surface area contributed by atoms with Crippen molar-refractivity contribution in [2.24, 2.45) is 17.2 Å². The molecule has 0 spiro atoms. The number of hydrogen-bond donors (Lipinski definition) is 4. The predicted molar refractivity (Wildman–Crippen MR) is 37.7 cm³/mol. The summed E-state index contributed by atoms with van der Waals surface area (Å²) in [5.41, 5.74) is 13.8. The Kier molecular flexibility index (Phi) is 8.69. The van der Waals surface area contributed by atoms with E-state index in [1.165, 1.54) is 0 Å². The van der Waals surface area contributed by atoms with Crippen LogP contribution >= 0.6 is 12.2 Å². The van der Waals surface area contributed by atoms with Gasteiger partial charge in [-0.1, -0.05) is 0 Å². The highest BCUT2D eigenvalue weighted by molar-refractivity contribution is 7.80. The molecule has 0 fully saturated rings. The first-order valence-corrected chi connectivity index (χ1v) is 2.38. The van der Waals surface area contributed by atoms with Crippen molar-refractivity contribution in [3.05, 3.63) is 0 Å². The fourth-order valence-corrected chi connectivity index (χ4v) is 0. The van der Waals surface area contributed by atoms with Gasteiger partial charge in [-0.15, -0.1) is 0 Å². The first-order chi connectivity index (χ1) is 4.00. The van der Waals surface area contributed by atoms with Crippen molar-refractivity contribution in [1.82, 2.24) is 0 Å². The van der Waals surface area contributed by atoms with E-state index in [0.717, 1.165) is 0 Å². The van der Waals surface area contributed by atoms with Crippen molar-refractivity contribution in [3.8, 4) is 0 Å². The Morgan fingerprint density at radius 1 is 1.56 bits per heavy atom. The smallest absolute Gasteiger partial charge is 0.317 e. The molecule has 0 rings (SSSR count). The summed E-state index contributed by atoms with van der Waals surface area (Å²) in [6, 6.07) is 0. The highest BCUT2D eigenvalue weighted by Gasteiger charge is 1.81. The second-order valence-electron chi connectivity index (χ2n) is 1.00. The van der Waals surface area contributed by atoms with Gasteiger partial charge >= 0.3 is 5.97 Å². The van der Waals surface area contributed by atoms with Crippen LogP contribution in [0.25, 0.3) is 0 Å². The minimum absolute atomic E-state index is 0.000000000000000222. The summed E-state index contributed by atoms with van der Waals surface area (Å²) in [6.45, 7) is -0.278. The maximum atomic E-state index is 9.24. The second-order valence-corrected chi connectivity index (χ2v) is 1.47. The quantitative estimate of drug-likeness (QED) is 0.329. The van der Waals surface area contributed by atoms with E-state index in [1.807, 2.05) is 0 Å². The second kappa shape index (κ2) is 7.12. The molecule has 0 aliphatic rings. The molecule has 0 bridgehead atoms. The number of thiocarbonyl (C=S) groups is 1. The summed E-state index contributed by atoms with van der Waals surface area (Å²) in [5, 5.41) is 7.60. The van der Waals surface area contributed by atoms with E-state index in [0.29, 0.717) is 0 Å². The van der Waals surface area contributed by atoms with Gasteiger partial charge in [0.05, 0.1) is 6.54 Å². The van der Waals surface area contributed by atoms with Crippen LogP contribution in [0.15, 0.2) is 0 Å². The third-order valence-corrected chi connectivity index (χ3v) is 0.175. The Labute approximate surface area is 57.8 Å². The molecule has 0 aromatic heterocycles. The molecule has 0 saturated heterocycles. The van der Waals surface area contributed by atoms with Gasteiger partial charge < -0.3 is 22.3 Å². The Hall–Kier alpha value is -0.880. The number of rotatable bonds is 1. The number of aliphatic carboxylic acids is 1. The molecule has 0 unspecified atom stereocenters. The van der Waals surface area contributed by atoms with Crippen LogP contribution in [-0.4, -0.2) is 22.7 Å². The zero-order valence-corrected chi connectivity index (χ0v) is 5.52. The zero-order chi connectivity index (χ0) is 7.86. The first kappa shape index (κ1) is 11.0. The van der Waals surface area contributed by atoms with Crippen LogP contribution in [-0.2, 0) is 4.79 Å². The maximum Gasteiger partial charge on any atom is 0.317 e. The van der Waals surface area contributed by atoms with E-state index in [2.05, 4.69) is 29.4 Å². The van der Waals surface area contributed by atoms with Crippen molar-refractivity contribution < 1.29 is 9.90 Å². The van der Waals surface area contributed by atoms with Crippen molar-refractivity contribution >= 4 is 23.3 Å². The van der Waals surface area contributed by atoms with Crippen LogP contribution in [0.1, 0.15) is 0 Å². The fraction of sp³-hybridized carbons (Fsp3) is 0.333. The fourth-order valence-electron chi connectivity index (χ4n) is 0. The summed E-state index contributed by atoms with van der Waals surface area (Å²) in [6.07, 6.45) is 0. The SMILES string of the molecule is NC(N)=S.NCC(=O)O. The van der Waals surface area contributed by atoms with Crippen molar-refractivity contribution in [3.63, 3.8) is 0 Å². The van der Waals surface area contributed by atoms with Crippen LogP contribution < -0.4 is 17.2 Å². The lowest BCUT2D eigenvalue weighted by Crippen LogP contribution is -2.18. The van der Waals surface area contributed by atoms with E-state index in [1.54, 1.807) is 0 Å². The van der Waals surface area contributed by atoms with Crippen molar-refractivity contribution in [2.45, 2.75) is 0 Å². The molecular formula is C3H9N3O2S. The van der Waals surface area contributed by atoms with E-state index in [9.17, 15) is 4.79 Å². The summed E-state index contributed by atoms with van der Waals surface area (Å²) >= 11 is 4.09. The summed E-state index contributed by atoms with van der Waals surface area (Å²) in [7, 11) is 0. The van der Waals surface area contributed by atoms with Gasteiger partial charge in [0.1, 0.15) is 0 Å². The van der Waals surface area contributed by atoms with Gasteiger partial charge in [-0.3, -0.25) is 4.79 Å². The van der Waals surface area contributed by atoms with Gasteiger partial charge in [0, 0.05) is 0 Å². The molecule has 9 heavy (non-hydrogen) atoms. The molecule has 0 amide bonds. The standard InChI is InChI=1S/C2H5NO2.CH4N2S/c3-1-2(4)5;2-1(3)4/h1,3H2,(H,4,5);(H4,2,3,4). The van der Waals surface area contributed by atoms with E-state index in [4.69, 9.17) is 5.11 Å². The van der Waals surface area contributed by atoms with Gasteiger partial charge in [0.2, 0.25) is 0 Å². The molecule has 6 heteroatoms. The third kappa shape index (κ3) is 149. The Morgan fingerprint density at radius 3 is 1.67 bits per heavy atom. The maximum absolute atomic E-state index is 9.24. The highest BCUT2D eigenvalue weighted by atomic mass is 32.1. The molecule has 0 atom stereocenters. The molecule has 0 radical (unpaired) electrons. The van der Waals surface area contributed by atoms with E-state index in [-0.39, 0.29) is 11.7 Å². The zero-order valence-electron chi connectivity index (χ0n) is 4.70. The Balaban J connectivity index is 0. The average molecular weight is 151 g/mol. The number of carboxylic acids is 1. The minimum Gasteiger partial charge on any atom is -0.480 e. The molecule has 0 aromatic carbocycles. The molecule has 7 N–H and O–H groups in total. The van der Waals surface area contributed by atoms with E-state index < -0.39 is 5.97 Å². The van der Waals surface area contributed by atoms with Gasteiger partial charge in [0.25, 0.3) is 0 Å². The van der Waals surface area contributed by atoms with Crippen LogP contribution in [0.3, 0.4) is 0 Å². The van der Waals surface area contributed by atoms with Crippen molar-refractivity contribution in [1.29, 1.82) is 0 Å². The number of nitrogens with two attached hydrogens (primary N) is 3. The number of carbonyl (C=O) groups is 1. The van der Waals surface area contributed by atoms with Gasteiger partial charge in [-0.05, 0) is 12.2 Å². The minimum atomic E-state index is -0.968. The van der Waals surface area contributed by atoms with Gasteiger partial charge in [-0.25, -0.2) is 0 Å². The van der Waals surface area contributed by atoms with Crippen LogP contribution in [0.4, 0.5) is 0 Å². The molecule has 0 aromatic rings. The predicted octanol–water partition coefficient (Wildman–Crippen LogP) is -1.78. The van der Waals surface area contributed by atoms with Gasteiger partial charge in [-0.2, -0.15) is 0 Å². The molecule has 54 valence electrons. The number of hydrogen-bond acceptors (Lipinski definition) is 3. The largest absolute Gasteiger partial charge is 0.480 e.